The summed E-state index contributed by atoms with van der Waals surface area (Å²) in [4.78, 5) is 16.4. The first kappa shape index (κ1) is 17.6. The molecule has 6 heteroatoms. The number of hydrogen-bond donors (Lipinski definition) is 0. The SMILES string of the molecule is O=C1OC(CCc2cccc(Cl)c2)=N/C1=C/c1ccc2c(c1)OCCCO2. The van der Waals surface area contributed by atoms with E-state index in [1.54, 1.807) is 6.08 Å². The van der Waals surface area contributed by atoms with Crippen LogP contribution in [0.15, 0.2) is 53.2 Å². The van der Waals surface area contributed by atoms with Crippen molar-refractivity contribution in [1.29, 1.82) is 0 Å². The highest BCUT2D eigenvalue weighted by atomic mass is 35.5. The highest BCUT2D eigenvalue weighted by Crippen LogP contribution is 2.31. The first-order chi connectivity index (χ1) is 13.2. The van der Waals surface area contributed by atoms with Gasteiger partial charge >= 0.3 is 5.97 Å². The van der Waals surface area contributed by atoms with Crippen molar-refractivity contribution < 1.29 is 19.0 Å². The summed E-state index contributed by atoms with van der Waals surface area (Å²) in [5.74, 6) is 1.37. The number of nitrogens with zero attached hydrogens (tertiary/aromatic N) is 1. The van der Waals surface area contributed by atoms with E-state index >= 15 is 0 Å². The summed E-state index contributed by atoms with van der Waals surface area (Å²) in [5.41, 5.74) is 2.17. The Kier molecular flexibility index (Phi) is 5.12. The van der Waals surface area contributed by atoms with E-state index in [0.717, 1.165) is 23.3 Å². The molecule has 27 heavy (non-hydrogen) atoms. The van der Waals surface area contributed by atoms with Gasteiger partial charge in [-0.05, 0) is 47.9 Å². The number of carbonyl (C=O) groups is 1. The van der Waals surface area contributed by atoms with Crippen LogP contribution < -0.4 is 9.47 Å². The Morgan fingerprint density at radius 1 is 1.04 bits per heavy atom. The van der Waals surface area contributed by atoms with Crippen molar-refractivity contribution in [3.8, 4) is 11.5 Å². The van der Waals surface area contributed by atoms with E-state index in [-0.39, 0.29) is 5.70 Å². The Morgan fingerprint density at radius 2 is 1.89 bits per heavy atom. The Hall–Kier alpha value is -2.79. The first-order valence-electron chi connectivity index (χ1n) is 8.83. The van der Waals surface area contributed by atoms with Gasteiger partial charge in [0.1, 0.15) is 0 Å². The lowest BCUT2D eigenvalue weighted by Gasteiger charge is -2.07. The monoisotopic (exact) mass is 383 g/mol. The van der Waals surface area contributed by atoms with E-state index < -0.39 is 5.97 Å². The Bertz CT molecular complexity index is 936. The molecule has 0 radical (unpaired) electrons. The van der Waals surface area contributed by atoms with E-state index in [0.29, 0.717) is 42.7 Å². The van der Waals surface area contributed by atoms with Gasteiger partial charge in [0.2, 0.25) is 0 Å². The number of benzene rings is 2. The molecule has 0 saturated carbocycles. The van der Waals surface area contributed by atoms with Gasteiger partial charge in [-0.2, -0.15) is 0 Å². The minimum atomic E-state index is -0.441. The van der Waals surface area contributed by atoms with Crippen LogP contribution in [0.2, 0.25) is 5.02 Å². The van der Waals surface area contributed by atoms with Crippen LogP contribution in [0.1, 0.15) is 24.0 Å². The minimum absolute atomic E-state index is 0.283. The summed E-state index contributed by atoms with van der Waals surface area (Å²) >= 11 is 5.99. The summed E-state index contributed by atoms with van der Waals surface area (Å²) in [6.45, 7) is 1.25. The van der Waals surface area contributed by atoms with Crippen molar-refractivity contribution in [2.45, 2.75) is 19.3 Å². The molecule has 0 fully saturated rings. The average Bonchev–Trinajstić information content (AvgIpc) is 2.86. The summed E-state index contributed by atoms with van der Waals surface area (Å²) in [6, 6.07) is 13.2. The topological polar surface area (TPSA) is 57.1 Å². The number of carbonyl (C=O) groups excluding carboxylic acids is 1. The number of ether oxygens (including phenoxy) is 3. The zero-order chi connectivity index (χ0) is 18.6. The summed E-state index contributed by atoms with van der Waals surface area (Å²) in [5, 5.41) is 0.688. The second-order valence-electron chi connectivity index (χ2n) is 6.31. The molecule has 0 spiro atoms. The minimum Gasteiger partial charge on any atom is -0.490 e. The van der Waals surface area contributed by atoms with Gasteiger partial charge in [-0.3, -0.25) is 0 Å². The fraction of sp³-hybridized carbons (Fsp3) is 0.238. The van der Waals surface area contributed by atoms with Crippen LogP contribution >= 0.6 is 11.6 Å². The van der Waals surface area contributed by atoms with Gasteiger partial charge in [0, 0.05) is 17.9 Å². The number of aryl methyl sites for hydroxylation is 1. The third kappa shape index (κ3) is 4.31. The van der Waals surface area contributed by atoms with Gasteiger partial charge in [-0.25, -0.2) is 9.79 Å². The van der Waals surface area contributed by atoms with Gasteiger partial charge in [0.15, 0.2) is 23.1 Å². The lowest BCUT2D eigenvalue weighted by atomic mass is 10.1. The fourth-order valence-corrected chi connectivity index (χ4v) is 3.14. The molecule has 0 aliphatic carbocycles. The Labute approximate surface area is 162 Å². The van der Waals surface area contributed by atoms with Crippen molar-refractivity contribution in [2.75, 3.05) is 13.2 Å². The van der Waals surface area contributed by atoms with E-state index in [4.69, 9.17) is 25.8 Å². The second kappa shape index (κ2) is 7.84. The molecule has 0 aromatic heterocycles. The van der Waals surface area contributed by atoms with Crippen LogP contribution in [0.25, 0.3) is 6.08 Å². The maximum Gasteiger partial charge on any atom is 0.363 e. The van der Waals surface area contributed by atoms with Gasteiger partial charge in [-0.1, -0.05) is 29.8 Å². The molecule has 0 bridgehead atoms. The standard InChI is InChI=1S/C21H18ClNO4/c22-16-4-1-3-14(11-16)6-8-20-23-17(21(24)27-20)12-15-5-7-18-19(13-15)26-10-2-9-25-18/h1,3-5,7,11-13H,2,6,8-10H2/b17-12+. The predicted molar refractivity (Wildman–Crippen MR) is 103 cm³/mol. The second-order valence-corrected chi connectivity index (χ2v) is 6.75. The van der Waals surface area contributed by atoms with Crippen LogP contribution in [0, 0.1) is 0 Å². The number of hydrogen-bond acceptors (Lipinski definition) is 5. The van der Waals surface area contributed by atoms with E-state index in [2.05, 4.69) is 4.99 Å². The van der Waals surface area contributed by atoms with Gasteiger partial charge in [-0.15, -0.1) is 0 Å². The molecule has 2 heterocycles. The smallest absolute Gasteiger partial charge is 0.363 e. The number of halogens is 1. The normalized spacial score (nSPS) is 17.4. The van der Waals surface area contributed by atoms with E-state index in [1.165, 1.54) is 0 Å². The van der Waals surface area contributed by atoms with E-state index in [1.807, 2.05) is 42.5 Å². The molecule has 0 unspecified atom stereocenters. The van der Waals surface area contributed by atoms with Crippen LogP contribution in [0.4, 0.5) is 0 Å². The van der Waals surface area contributed by atoms with Crippen LogP contribution in [-0.2, 0) is 16.0 Å². The fourth-order valence-electron chi connectivity index (χ4n) is 2.93. The molecule has 138 valence electrons. The maximum absolute atomic E-state index is 12.1. The zero-order valence-corrected chi connectivity index (χ0v) is 15.4. The third-order valence-electron chi connectivity index (χ3n) is 4.26. The molecule has 0 N–H and O–H groups in total. The molecule has 0 saturated heterocycles. The van der Waals surface area contributed by atoms with E-state index in [9.17, 15) is 4.79 Å². The number of aliphatic imine (C=N–C) groups is 1. The summed E-state index contributed by atoms with van der Waals surface area (Å²) < 4.78 is 16.6. The largest absolute Gasteiger partial charge is 0.490 e. The first-order valence-corrected chi connectivity index (χ1v) is 9.21. The summed E-state index contributed by atoms with van der Waals surface area (Å²) in [6.07, 6.45) is 3.77. The molecular formula is C21H18ClNO4. The molecule has 4 rings (SSSR count). The zero-order valence-electron chi connectivity index (χ0n) is 14.6. The number of rotatable bonds is 4. The number of fused-ring (bicyclic) bond motifs is 1. The molecule has 2 aromatic carbocycles. The highest BCUT2D eigenvalue weighted by Gasteiger charge is 2.23. The van der Waals surface area contributed by atoms with Crippen molar-refractivity contribution >= 4 is 29.5 Å². The third-order valence-corrected chi connectivity index (χ3v) is 4.49. The van der Waals surface area contributed by atoms with Crippen LogP contribution in [0.3, 0.4) is 0 Å². The van der Waals surface area contributed by atoms with Gasteiger partial charge in [0.25, 0.3) is 0 Å². The van der Waals surface area contributed by atoms with Crippen molar-refractivity contribution in [3.63, 3.8) is 0 Å². The molecule has 0 atom stereocenters. The molecule has 2 aliphatic rings. The van der Waals surface area contributed by atoms with Crippen LogP contribution in [-0.4, -0.2) is 25.1 Å². The van der Waals surface area contributed by atoms with Gasteiger partial charge < -0.3 is 14.2 Å². The quantitative estimate of drug-likeness (QED) is 0.579. The highest BCUT2D eigenvalue weighted by molar-refractivity contribution is 6.30. The molecule has 5 nitrogen and oxygen atoms in total. The van der Waals surface area contributed by atoms with Gasteiger partial charge in [0.05, 0.1) is 13.2 Å². The predicted octanol–water partition coefficient (Wildman–Crippen LogP) is 4.43. The lowest BCUT2D eigenvalue weighted by Crippen LogP contribution is -2.05. The number of cyclic esters (lactones) is 1. The van der Waals surface area contributed by atoms with Crippen LogP contribution in [0.5, 0.6) is 11.5 Å². The molecular weight excluding hydrogens is 366 g/mol. The molecule has 2 aromatic rings. The number of esters is 1. The lowest BCUT2D eigenvalue weighted by molar-refractivity contribution is -0.130. The Balaban J connectivity index is 1.48. The Morgan fingerprint density at radius 3 is 2.74 bits per heavy atom. The molecule has 2 aliphatic heterocycles. The average molecular weight is 384 g/mol. The van der Waals surface area contributed by atoms with Crippen molar-refractivity contribution in [3.05, 3.63) is 64.3 Å². The van der Waals surface area contributed by atoms with Crippen molar-refractivity contribution in [2.24, 2.45) is 4.99 Å². The summed E-state index contributed by atoms with van der Waals surface area (Å²) in [7, 11) is 0. The van der Waals surface area contributed by atoms with Crippen molar-refractivity contribution in [1.82, 2.24) is 0 Å². The molecule has 0 amide bonds. The maximum atomic E-state index is 12.1.